The smallest absolute Gasteiger partial charge is 0.306 e. The lowest BCUT2D eigenvalue weighted by Gasteiger charge is -2.18. The molecule has 0 radical (unpaired) electrons. The Balaban J connectivity index is 4.24. The van der Waals surface area contributed by atoms with Crippen LogP contribution in [-0.4, -0.2) is 37.2 Å². The van der Waals surface area contributed by atoms with Crippen molar-refractivity contribution in [2.75, 3.05) is 13.2 Å². The maximum atomic E-state index is 12.9. The lowest BCUT2D eigenvalue weighted by Crippen LogP contribution is -2.30. The first-order valence-corrected chi connectivity index (χ1v) is 34.0. The molecule has 0 spiro atoms. The molecular formula is C75H126O6. The first kappa shape index (κ1) is 76.8. The highest BCUT2D eigenvalue weighted by molar-refractivity contribution is 5.71. The van der Waals surface area contributed by atoms with E-state index in [2.05, 4.69) is 142 Å². The van der Waals surface area contributed by atoms with E-state index in [0.29, 0.717) is 19.3 Å². The largest absolute Gasteiger partial charge is 0.462 e. The van der Waals surface area contributed by atoms with Crippen LogP contribution in [0.5, 0.6) is 0 Å². The summed E-state index contributed by atoms with van der Waals surface area (Å²) in [4.78, 5) is 38.3. The molecule has 0 aromatic carbocycles. The lowest BCUT2D eigenvalue weighted by molar-refractivity contribution is -0.167. The van der Waals surface area contributed by atoms with Gasteiger partial charge in [-0.15, -0.1) is 0 Å². The summed E-state index contributed by atoms with van der Waals surface area (Å²) in [5.41, 5.74) is 0. The van der Waals surface area contributed by atoms with E-state index in [9.17, 15) is 14.4 Å². The minimum Gasteiger partial charge on any atom is -0.462 e. The Morgan fingerprint density at radius 1 is 0.259 bits per heavy atom. The quantitative estimate of drug-likeness (QED) is 0.0261. The second-order valence-electron chi connectivity index (χ2n) is 22.3. The SMILES string of the molecule is CC/C=C\C/C=C\C/C=C\C/C=C\C/C=C\CCCCCCCCCCCCCCCCCC(=O)OCC(COC(=O)CCCCCCCCCCCCC)OC(=O)CCCCCCC/C=C\C/C=C\C/C=C\C/C=C\C/C=C\CC. The Bertz CT molecular complexity index is 1670. The topological polar surface area (TPSA) is 78.9 Å². The number of esters is 3. The molecule has 0 N–H and O–H groups in total. The van der Waals surface area contributed by atoms with Crippen LogP contribution >= 0.6 is 0 Å². The summed E-state index contributed by atoms with van der Waals surface area (Å²) in [5, 5.41) is 0. The van der Waals surface area contributed by atoms with E-state index in [1.807, 2.05) is 0 Å². The predicted octanol–water partition coefficient (Wildman–Crippen LogP) is 23.6. The van der Waals surface area contributed by atoms with Crippen molar-refractivity contribution in [2.45, 2.75) is 322 Å². The zero-order valence-electron chi connectivity index (χ0n) is 53.0. The van der Waals surface area contributed by atoms with Crippen LogP contribution in [0.15, 0.2) is 122 Å². The lowest BCUT2D eigenvalue weighted by atomic mass is 10.0. The van der Waals surface area contributed by atoms with Crippen molar-refractivity contribution >= 4 is 17.9 Å². The Hall–Kier alpha value is -4.19. The normalized spacial score (nSPS) is 12.9. The average Bonchev–Trinajstić information content (AvgIpc) is 3.47. The van der Waals surface area contributed by atoms with Gasteiger partial charge in [0.2, 0.25) is 0 Å². The van der Waals surface area contributed by atoms with Gasteiger partial charge in [-0.1, -0.05) is 309 Å². The van der Waals surface area contributed by atoms with E-state index in [1.165, 1.54) is 135 Å². The Kier molecular flexibility index (Phi) is 64.8. The molecule has 1 unspecified atom stereocenters. The van der Waals surface area contributed by atoms with Gasteiger partial charge in [-0.3, -0.25) is 14.4 Å². The maximum Gasteiger partial charge on any atom is 0.306 e. The molecule has 0 rings (SSSR count). The van der Waals surface area contributed by atoms with Gasteiger partial charge in [0, 0.05) is 19.3 Å². The van der Waals surface area contributed by atoms with Crippen LogP contribution in [0.4, 0.5) is 0 Å². The van der Waals surface area contributed by atoms with E-state index in [0.717, 1.165) is 141 Å². The number of ether oxygens (including phenoxy) is 3. The summed E-state index contributed by atoms with van der Waals surface area (Å²) in [6.45, 7) is 6.41. The molecule has 0 saturated heterocycles. The molecule has 0 aliphatic heterocycles. The molecule has 81 heavy (non-hydrogen) atoms. The second kappa shape index (κ2) is 68.3. The highest BCUT2D eigenvalue weighted by atomic mass is 16.6. The second-order valence-corrected chi connectivity index (χ2v) is 22.3. The third-order valence-electron chi connectivity index (χ3n) is 14.5. The van der Waals surface area contributed by atoms with E-state index < -0.39 is 6.10 Å². The van der Waals surface area contributed by atoms with Crippen LogP contribution in [0.3, 0.4) is 0 Å². The zero-order valence-corrected chi connectivity index (χ0v) is 53.0. The standard InChI is InChI=1S/C75H126O6/c1-4-7-10-13-16-19-22-24-26-28-30-32-33-34-35-36-37-38-39-40-41-43-44-46-48-50-53-56-59-62-65-68-74(77)80-71-72(70-79-73(76)67-64-61-58-55-52-21-18-15-12-9-6-3)81-75(78)69-66-63-60-57-54-51-49-47-45-42-31-29-27-25-23-20-17-14-11-8-5-2/h7-8,10-11,16-17,19-20,24-27,30-32,34-35,42,47,49,72H,4-6,9,12-15,18,21-23,28-29,33,36-41,43-46,48,50-71H2,1-3H3/b10-7-,11-8-,19-16-,20-17-,26-24-,27-25-,32-30-,35-34-,42-31-,49-47-. The van der Waals surface area contributed by atoms with E-state index >= 15 is 0 Å². The summed E-state index contributed by atoms with van der Waals surface area (Å²) in [6.07, 6.45) is 95.1. The van der Waals surface area contributed by atoms with Crippen LogP contribution in [-0.2, 0) is 28.6 Å². The number of carbonyl (C=O) groups excluding carboxylic acids is 3. The van der Waals surface area contributed by atoms with Gasteiger partial charge < -0.3 is 14.2 Å². The third-order valence-corrected chi connectivity index (χ3v) is 14.5. The number of allylic oxidation sites excluding steroid dienone is 20. The molecule has 0 aromatic heterocycles. The summed E-state index contributed by atoms with van der Waals surface area (Å²) in [5.74, 6) is -0.895. The van der Waals surface area contributed by atoms with Crippen molar-refractivity contribution < 1.29 is 28.6 Å². The van der Waals surface area contributed by atoms with E-state index in [1.54, 1.807) is 0 Å². The van der Waals surface area contributed by atoms with Crippen molar-refractivity contribution in [1.29, 1.82) is 0 Å². The Labute approximate surface area is 501 Å². The highest BCUT2D eigenvalue weighted by Crippen LogP contribution is 2.17. The summed E-state index contributed by atoms with van der Waals surface area (Å²) >= 11 is 0. The van der Waals surface area contributed by atoms with Crippen LogP contribution in [0.1, 0.15) is 316 Å². The average molecular weight is 1120 g/mol. The summed E-state index contributed by atoms with van der Waals surface area (Å²) in [7, 11) is 0. The summed E-state index contributed by atoms with van der Waals surface area (Å²) in [6, 6.07) is 0. The Morgan fingerprint density at radius 3 is 0.753 bits per heavy atom. The minimum atomic E-state index is -0.789. The molecule has 0 saturated carbocycles. The van der Waals surface area contributed by atoms with E-state index in [4.69, 9.17) is 14.2 Å². The number of rotatable bonds is 61. The molecule has 0 aliphatic carbocycles. The van der Waals surface area contributed by atoms with Crippen molar-refractivity contribution in [2.24, 2.45) is 0 Å². The van der Waals surface area contributed by atoms with Crippen LogP contribution in [0.2, 0.25) is 0 Å². The molecule has 6 nitrogen and oxygen atoms in total. The highest BCUT2D eigenvalue weighted by Gasteiger charge is 2.19. The number of unbranched alkanes of at least 4 members (excludes halogenated alkanes) is 30. The van der Waals surface area contributed by atoms with Gasteiger partial charge >= 0.3 is 17.9 Å². The monoisotopic (exact) mass is 1120 g/mol. The van der Waals surface area contributed by atoms with Crippen LogP contribution < -0.4 is 0 Å². The van der Waals surface area contributed by atoms with Crippen molar-refractivity contribution in [3.8, 4) is 0 Å². The zero-order chi connectivity index (χ0) is 58.5. The van der Waals surface area contributed by atoms with Crippen molar-refractivity contribution in [3.05, 3.63) is 122 Å². The fourth-order valence-corrected chi connectivity index (χ4v) is 9.44. The molecule has 6 heteroatoms. The molecule has 0 aliphatic rings. The van der Waals surface area contributed by atoms with Gasteiger partial charge in [-0.2, -0.15) is 0 Å². The fourth-order valence-electron chi connectivity index (χ4n) is 9.44. The molecule has 0 amide bonds. The van der Waals surface area contributed by atoms with Gasteiger partial charge in [-0.25, -0.2) is 0 Å². The maximum absolute atomic E-state index is 12.9. The number of carbonyl (C=O) groups is 3. The van der Waals surface area contributed by atoms with Crippen molar-refractivity contribution in [3.63, 3.8) is 0 Å². The first-order valence-electron chi connectivity index (χ1n) is 34.0. The first-order chi connectivity index (χ1) is 40.0. The molecule has 0 heterocycles. The van der Waals surface area contributed by atoms with Gasteiger partial charge in [0.15, 0.2) is 6.10 Å². The van der Waals surface area contributed by atoms with Gasteiger partial charge in [0.25, 0.3) is 0 Å². The fraction of sp³-hybridized carbons (Fsp3) is 0.693. The third kappa shape index (κ3) is 66.5. The molecule has 1 atom stereocenters. The Morgan fingerprint density at radius 2 is 0.481 bits per heavy atom. The van der Waals surface area contributed by atoms with Gasteiger partial charge in [0.1, 0.15) is 13.2 Å². The predicted molar refractivity (Wildman–Crippen MR) is 353 cm³/mol. The molecular weight excluding hydrogens is 997 g/mol. The van der Waals surface area contributed by atoms with Crippen LogP contribution in [0.25, 0.3) is 0 Å². The van der Waals surface area contributed by atoms with Crippen LogP contribution in [0, 0.1) is 0 Å². The molecule has 0 bridgehead atoms. The number of hydrogen-bond donors (Lipinski definition) is 0. The molecule has 0 aromatic rings. The summed E-state index contributed by atoms with van der Waals surface area (Å²) < 4.78 is 16.9. The van der Waals surface area contributed by atoms with Gasteiger partial charge in [-0.05, 0) is 109 Å². The van der Waals surface area contributed by atoms with Crippen molar-refractivity contribution in [1.82, 2.24) is 0 Å². The number of hydrogen-bond acceptors (Lipinski definition) is 6. The minimum absolute atomic E-state index is 0.0842. The van der Waals surface area contributed by atoms with Gasteiger partial charge in [0.05, 0.1) is 0 Å². The van der Waals surface area contributed by atoms with E-state index in [-0.39, 0.29) is 31.1 Å². The molecule has 462 valence electrons. The molecule has 0 fully saturated rings.